The molecule has 0 spiro atoms. The predicted octanol–water partition coefficient (Wildman–Crippen LogP) is 1.63. The molecule has 4 heteroatoms. The monoisotopic (exact) mass is 271 g/mol. The summed E-state index contributed by atoms with van der Waals surface area (Å²) in [5.41, 5.74) is 6.48. The largest absolute Gasteiger partial charge is 0.329 e. The highest BCUT2D eigenvalue weighted by Gasteiger charge is 2.47. The van der Waals surface area contributed by atoms with Crippen LogP contribution in [0.1, 0.15) is 33.1 Å². The predicted molar refractivity (Wildman–Crippen MR) is 81.2 cm³/mol. The Labute approximate surface area is 116 Å². The number of thioether (sulfide) groups is 1. The Balaban J connectivity index is 2.21. The van der Waals surface area contributed by atoms with E-state index in [1.807, 2.05) is 0 Å². The highest BCUT2D eigenvalue weighted by Crippen LogP contribution is 2.41. The van der Waals surface area contributed by atoms with Gasteiger partial charge in [0, 0.05) is 36.5 Å². The van der Waals surface area contributed by atoms with Gasteiger partial charge in [0.25, 0.3) is 0 Å². The summed E-state index contributed by atoms with van der Waals surface area (Å²) in [5.74, 6) is 1.28. The fraction of sp³-hybridized carbons (Fsp3) is 1.00. The van der Waals surface area contributed by atoms with Crippen molar-refractivity contribution in [3.05, 3.63) is 0 Å². The molecule has 2 N–H and O–H groups in total. The molecule has 0 aliphatic carbocycles. The smallest absolute Gasteiger partial charge is 0.0458 e. The van der Waals surface area contributed by atoms with Crippen molar-refractivity contribution in [2.45, 2.75) is 49.9 Å². The molecular formula is C14H29N3S. The first-order valence-corrected chi connectivity index (χ1v) is 8.46. The molecule has 2 aliphatic heterocycles. The molecule has 2 rings (SSSR count). The van der Waals surface area contributed by atoms with Crippen molar-refractivity contribution >= 4 is 11.8 Å². The average Bonchev–Trinajstić information content (AvgIpc) is 2.63. The molecule has 0 aromatic carbocycles. The SMILES string of the molecule is CCC1CN(C)CCCN1C1(CN)CCSC1C. The van der Waals surface area contributed by atoms with Crippen LogP contribution in [0.4, 0.5) is 0 Å². The van der Waals surface area contributed by atoms with Gasteiger partial charge >= 0.3 is 0 Å². The molecule has 106 valence electrons. The second-order valence-corrected chi connectivity index (χ2v) is 7.39. The van der Waals surface area contributed by atoms with Crippen LogP contribution in [0.25, 0.3) is 0 Å². The van der Waals surface area contributed by atoms with E-state index >= 15 is 0 Å². The Morgan fingerprint density at radius 2 is 2.17 bits per heavy atom. The molecule has 0 amide bonds. The molecule has 0 bridgehead atoms. The molecule has 3 nitrogen and oxygen atoms in total. The van der Waals surface area contributed by atoms with Crippen LogP contribution >= 0.6 is 11.8 Å². The van der Waals surface area contributed by atoms with E-state index in [0.29, 0.717) is 11.3 Å². The van der Waals surface area contributed by atoms with E-state index < -0.39 is 0 Å². The maximum Gasteiger partial charge on any atom is 0.0458 e. The van der Waals surface area contributed by atoms with Crippen LogP contribution in [0.15, 0.2) is 0 Å². The highest BCUT2D eigenvalue weighted by molar-refractivity contribution is 8.00. The second-order valence-electron chi connectivity index (χ2n) is 5.94. The maximum absolute atomic E-state index is 6.22. The Bertz CT molecular complexity index is 274. The molecule has 3 atom stereocenters. The lowest BCUT2D eigenvalue weighted by Gasteiger charge is -2.47. The first kappa shape index (κ1) is 14.6. The minimum atomic E-state index is 0.260. The number of nitrogens with zero attached hydrogens (tertiary/aromatic N) is 2. The topological polar surface area (TPSA) is 32.5 Å². The van der Waals surface area contributed by atoms with E-state index in [1.165, 1.54) is 44.6 Å². The van der Waals surface area contributed by atoms with Gasteiger partial charge < -0.3 is 10.6 Å². The zero-order valence-electron chi connectivity index (χ0n) is 12.2. The first-order chi connectivity index (χ1) is 8.64. The lowest BCUT2D eigenvalue weighted by molar-refractivity contribution is 0.0500. The first-order valence-electron chi connectivity index (χ1n) is 7.41. The van der Waals surface area contributed by atoms with Crippen LogP contribution < -0.4 is 5.73 Å². The van der Waals surface area contributed by atoms with E-state index in [2.05, 4.69) is 42.5 Å². The van der Waals surface area contributed by atoms with Crippen LogP contribution in [-0.2, 0) is 0 Å². The summed E-state index contributed by atoms with van der Waals surface area (Å²) in [4.78, 5) is 5.27. The van der Waals surface area contributed by atoms with Crippen molar-refractivity contribution in [3.63, 3.8) is 0 Å². The molecule has 2 aliphatic rings. The molecule has 18 heavy (non-hydrogen) atoms. The molecular weight excluding hydrogens is 242 g/mol. The summed E-state index contributed by atoms with van der Waals surface area (Å²) >= 11 is 2.11. The van der Waals surface area contributed by atoms with Crippen molar-refractivity contribution < 1.29 is 0 Å². The zero-order valence-corrected chi connectivity index (χ0v) is 13.0. The van der Waals surface area contributed by atoms with Gasteiger partial charge in [-0.15, -0.1) is 0 Å². The maximum atomic E-state index is 6.22. The van der Waals surface area contributed by atoms with Crippen LogP contribution in [0, 0.1) is 0 Å². The van der Waals surface area contributed by atoms with Gasteiger partial charge in [-0.2, -0.15) is 11.8 Å². The molecule has 2 saturated heterocycles. The minimum Gasteiger partial charge on any atom is -0.329 e. The molecule has 0 radical (unpaired) electrons. The number of rotatable bonds is 3. The van der Waals surface area contributed by atoms with E-state index in [4.69, 9.17) is 5.73 Å². The standard InChI is InChI=1S/C14H29N3S/c1-4-13-10-16(3)7-5-8-17(13)14(11-15)6-9-18-12(14)2/h12-13H,4-11,15H2,1-3H3. The zero-order chi connectivity index (χ0) is 13.2. The molecule has 0 saturated carbocycles. The molecule has 3 unspecified atom stereocenters. The Kier molecular flexibility index (Phi) is 4.98. The summed E-state index contributed by atoms with van der Waals surface area (Å²) in [5, 5.41) is 0.681. The third kappa shape index (κ3) is 2.58. The van der Waals surface area contributed by atoms with Gasteiger partial charge in [-0.05, 0) is 38.6 Å². The van der Waals surface area contributed by atoms with E-state index in [-0.39, 0.29) is 5.54 Å². The third-order valence-electron chi connectivity index (χ3n) is 4.96. The van der Waals surface area contributed by atoms with Gasteiger partial charge in [0.1, 0.15) is 0 Å². The number of nitrogens with two attached hydrogens (primary N) is 1. The van der Waals surface area contributed by atoms with Gasteiger partial charge in [0.05, 0.1) is 0 Å². The quantitative estimate of drug-likeness (QED) is 0.845. The Morgan fingerprint density at radius 3 is 2.72 bits per heavy atom. The van der Waals surface area contributed by atoms with Crippen LogP contribution in [0.3, 0.4) is 0 Å². The average molecular weight is 271 g/mol. The van der Waals surface area contributed by atoms with Gasteiger partial charge in [-0.25, -0.2) is 0 Å². The van der Waals surface area contributed by atoms with Crippen molar-refractivity contribution in [2.75, 3.05) is 39.0 Å². The molecule has 2 fully saturated rings. The Morgan fingerprint density at radius 1 is 1.39 bits per heavy atom. The number of hydrogen-bond donors (Lipinski definition) is 1. The summed E-state index contributed by atoms with van der Waals surface area (Å²) in [6.07, 6.45) is 3.80. The number of likely N-dealkylation sites (N-methyl/N-ethyl adjacent to an activating group) is 1. The number of hydrogen-bond acceptors (Lipinski definition) is 4. The van der Waals surface area contributed by atoms with E-state index in [1.54, 1.807) is 0 Å². The van der Waals surface area contributed by atoms with Gasteiger partial charge in [0.2, 0.25) is 0 Å². The lowest BCUT2D eigenvalue weighted by atomic mass is 9.88. The third-order valence-corrected chi connectivity index (χ3v) is 6.34. The van der Waals surface area contributed by atoms with Crippen molar-refractivity contribution in [1.82, 2.24) is 9.80 Å². The van der Waals surface area contributed by atoms with Crippen LogP contribution in [-0.4, -0.2) is 65.6 Å². The second kappa shape index (κ2) is 6.12. The van der Waals surface area contributed by atoms with Gasteiger partial charge in [-0.3, -0.25) is 4.90 Å². The van der Waals surface area contributed by atoms with Gasteiger partial charge in [-0.1, -0.05) is 13.8 Å². The molecule has 0 aromatic rings. The molecule has 2 heterocycles. The normalized spacial score (nSPS) is 40.0. The molecule has 0 aromatic heterocycles. The fourth-order valence-corrected chi connectivity index (χ4v) is 5.20. The lowest BCUT2D eigenvalue weighted by Crippen LogP contribution is -2.61. The highest BCUT2D eigenvalue weighted by atomic mass is 32.2. The van der Waals surface area contributed by atoms with Crippen molar-refractivity contribution in [2.24, 2.45) is 5.73 Å². The van der Waals surface area contributed by atoms with Crippen LogP contribution in [0.5, 0.6) is 0 Å². The Hall–Kier alpha value is 0.230. The summed E-state index contributed by atoms with van der Waals surface area (Å²) in [6.45, 7) is 9.19. The van der Waals surface area contributed by atoms with E-state index in [9.17, 15) is 0 Å². The van der Waals surface area contributed by atoms with Gasteiger partial charge in [0.15, 0.2) is 0 Å². The van der Waals surface area contributed by atoms with Crippen LogP contribution in [0.2, 0.25) is 0 Å². The summed E-state index contributed by atoms with van der Waals surface area (Å²) in [7, 11) is 2.26. The fourth-order valence-electron chi connectivity index (χ4n) is 3.71. The van der Waals surface area contributed by atoms with E-state index in [0.717, 1.165) is 6.54 Å². The van der Waals surface area contributed by atoms with Crippen molar-refractivity contribution in [1.29, 1.82) is 0 Å². The minimum absolute atomic E-state index is 0.260. The summed E-state index contributed by atoms with van der Waals surface area (Å²) < 4.78 is 0. The summed E-state index contributed by atoms with van der Waals surface area (Å²) in [6, 6.07) is 0.683. The van der Waals surface area contributed by atoms with Crippen molar-refractivity contribution in [3.8, 4) is 0 Å².